The van der Waals surface area contributed by atoms with Crippen LogP contribution in [-0.2, 0) is 4.74 Å². The van der Waals surface area contributed by atoms with Gasteiger partial charge in [-0.05, 0) is 50.0 Å². The average Bonchev–Trinajstić information content (AvgIpc) is 2.64. The van der Waals surface area contributed by atoms with Crippen LogP contribution in [0.1, 0.15) is 46.2 Å². The van der Waals surface area contributed by atoms with Crippen molar-refractivity contribution >= 4 is 11.8 Å². The first-order valence-electron chi connectivity index (χ1n) is 9.86. The van der Waals surface area contributed by atoms with Gasteiger partial charge in [0.15, 0.2) is 12.6 Å². The summed E-state index contributed by atoms with van der Waals surface area (Å²) in [5.74, 6) is 1.45. The number of ether oxygens (including phenoxy) is 1. The number of rotatable bonds is 7. The summed E-state index contributed by atoms with van der Waals surface area (Å²) < 4.78 is 42.7. The van der Waals surface area contributed by atoms with Crippen LogP contribution in [0.5, 0.6) is 0 Å². The topological polar surface area (TPSA) is 75.8 Å². The minimum absolute atomic E-state index is 0.0134. The molecule has 166 valence electrons. The number of anilines is 1. The molecule has 0 saturated heterocycles. The molecule has 6 nitrogen and oxygen atoms in total. The Hall–Kier alpha value is -2.71. The van der Waals surface area contributed by atoms with E-state index in [9.17, 15) is 13.2 Å². The zero-order valence-electron chi connectivity index (χ0n) is 18.0. The Labute approximate surface area is 175 Å². The Morgan fingerprint density at radius 3 is 2.70 bits per heavy atom. The van der Waals surface area contributed by atoms with E-state index in [0.29, 0.717) is 23.9 Å². The largest absolute Gasteiger partial charge is 0.482 e. The van der Waals surface area contributed by atoms with E-state index in [2.05, 4.69) is 15.3 Å². The molecule has 0 bridgehead atoms. The van der Waals surface area contributed by atoms with Crippen molar-refractivity contribution in [3.8, 4) is 0 Å². The summed E-state index contributed by atoms with van der Waals surface area (Å²) in [6, 6.07) is 3.57. The maximum absolute atomic E-state index is 12.6. The van der Waals surface area contributed by atoms with Gasteiger partial charge < -0.3 is 20.7 Å². The van der Waals surface area contributed by atoms with Gasteiger partial charge in [-0.3, -0.25) is 4.99 Å². The Balaban J connectivity index is 2.17. The minimum atomic E-state index is -4.39. The van der Waals surface area contributed by atoms with Crippen LogP contribution in [0, 0.1) is 5.92 Å². The second-order valence-electron chi connectivity index (χ2n) is 7.83. The number of allylic oxidation sites excluding steroid dienone is 1. The van der Waals surface area contributed by atoms with Crippen molar-refractivity contribution < 1.29 is 17.9 Å². The van der Waals surface area contributed by atoms with Crippen molar-refractivity contribution in [1.82, 2.24) is 9.88 Å². The lowest BCUT2D eigenvalue weighted by Gasteiger charge is -2.36. The second kappa shape index (κ2) is 9.86. The number of nitrogens with two attached hydrogens (primary N) is 1. The van der Waals surface area contributed by atoms with E-state index < -0.39 is 12.8 Å². The molecule has 1 aliphatic rings. The van der Waals surface area contributed by atoms with Crippen LogP contribution in [0.4, 0.5) is 19.0 Å². The molecule has 2 heterocycles. The standard InChI is InChI=1S/C21H30F3N5O/c1-13(2)10-27-20(25)28-19-9-17(6-7-26-19)16(5)29-11-18(14(3)8-15(29)4)30-12-21(22,23)24/h6-9,11,13,15-16H,10,12H2,1-5H3,(H3,25,26,27,28). The summed E-state index contributed by atoms with van der Waals surface area (Å²) in [4.78, 5) is 10.5. The molecule has 0 spiro atoms. The van der Waals surface area contributed by atoms with Gasteiger partial charge >= 0.3 is 6.18 Å². The van der Waals surface area contributed by atoms with E-state index in [1.165, 1.54) is 0 Å². The molecular formula is C21H30F3N5O. The highest BCUT2D eigenvalue weighted by Gasteiger charge is 2.30. The highest BCUT2D eigenvalue weighted by atomic mass is 19.4. The molecule has 3 N–H and O–H groups in total. The Kier molecular flexibility index (Phi) is 7.75. The molecule has 1 aliphatic heterocycles. The number of hydrogen-bond donors (Lipinski definition) is 2. The molecule has 0 aliphatic carbocycles. The van der Waals surface area contributed by atoms with Gasteiger partial charge in [-0.2, -0.15) is 13.2 Å². The van der Waals surface area contributed by atoms with Crippen LogP contribution in [0.2, 0.25) is 0 Å². The summed E-state index contributed by atoms with van der Waals surface area (Å²) in [6.45, 7) is 9.08. The molecule has 9 heteroatoms. The molecule has 0 radical (unpaired) electrons. The smallest absolute Gasteiger partial charge is 0.422 e. The summed E-state index contributed by atoms with van der Waals surface area (Å²) in [7, 11) is 0. The fourth-order valence-electron chi connectivity index (χ4n) is 3.06. The minimum Gasteiger partial charge on any atom is -0.482 e. The van der Waals surface area contributed by atoms with Gasteiger partial charge in [0.2, 0.25) is 0 Å². The number of aromatic nitrogens is 1. The fourth-order valence-corrected chi connectivity index (χ4v) is 3.06. The van der Waals surface area contributed by atoms with E-state index in [1.807, 2.05) is 50.8 Å². The van der Waals surface area contributed by atoms with Crippen molar-refractivity contribution in [1.29, 1.82) is 0 Å². The van der Waals surface area contributed by atoms with E-state index in [0.717, 1.165) is 5.56 Å². The third-order valence-corrected chi connectivity index (χ3v) is 4.60. The Morgan fingerprint density at radius 1 is 1.37 bits per heavy atom. The molecule has 0 amide bonds. The predicted octanol–water partition coefficient (Wildman–Crippen LogP) is 4.60. The van der Waals surface area contributed by atoms with Crippen LogP contribution in [-0.4, -0.2) is 41.2 Å². The zero-order valence-corrected chi connectivity index (χ0v) is 18.0. The van der Waals surface area contributed by atoms with E-state index >= 15 is 0 Å². The zero-order chi connectivity index (χ0) is 22.5. The lowest BCUT2D eigenvalue weighted by Crippen LogP contribution is -2.33. The first-order chi connectivity index (χ1) is 14.0. The Bertz CT molecular complexity index is 817. The van der Waals surface area contributed by atoms with E-state index in [1.54, 1.807) is 19.3 Å². The lowest BCUT2D eigenvalue weighted by atomic mass is 10.0. The molecule has 1 aromatic rings. The molecule has 2 unspecified atom stereocenters. The average molecular weight is 425 g/mol. The SMILES string of the molecule is CC1=CC(C)N(C(C)c2ccnc(NC(N)=NCC(C)C)c2)C=C1OCC(F)(F)F. The van der Waals surface area contributed by atoms with Crippen LogP contribution < -0.4 is 11.1 Å². The molecule has 2 atom stereocenters. The van der Waals surface area contributed by atoms with Crippen molar-refractivity contribution in [2.45, 2.75) is 52.9 Å². The molecule has 1 aromatic heterocycles. The van der Waals surface area contributed by atoms with Gasteiger partial charge in [-0.1, -0.05) is 19.9 Å². The third kappa shape index (κ3) is 6.96. The number of hydrogen-bond acceptors (Lipinski definition) is 4. The highest BCUT2D eigenvalue weighted by molar-refractivity contribution is 5.91. The van der Waals surface area contributed by atoms with Crippen molar-refractivity contribution in [3.05, 3.63) is 47.5 Å². The Morgan fingerprint density at radius 2 is 2.07 bits per heavy atom. The molecule has 0 fully saturated rings. The quantitative estimate of drug-likeness (QED) is 0.493. The maximum Gasteiger partial charge on any atom is 0.422 e. The molecular weight excluding hydrogens is 395 g/mol. The number of alkyl halides is 3. The number of halogens is 3. The first-order valence-corrected chi connectivity index (χ1v) is 9.86. The summed E-state index contributed by atoms with van der Waals surface area (Å²) in [6.07, 6.45) is 0.801. The van der Waals surface area contributed by atoms with Gasteiger partial charge in [0.1, 0.15) is 11.6 Å². The fraction of sp³-hybridized carbons (Fsp3) is 0.524. The molecule has 2 rings (SSSR count). The number of guanidine groups is 1. The van der Waals surface area contributed by atoms with Crippen LogP contribution >= 0.6 is 0 Å². The van der Waals surface area contributed by atoms with Gasteiger partial charge in [0, 0.05) is 25.0 Å². The summed E-state index contributed by atoms with van der Waals surface area (Å²) >= 11 is 0. The molecule has 0 aromatic carbocycles. The number of nitrogens with zero attached hydrogens (tertiary/aromatic N) is 3. The van der Waals surface area contributed by atoms with Crippen molar-refractivity contribution in [2.24, 2.45) is 16.6 Å². The normalized spacial score (nSPS) is 18.8. The van der Waals surface area contributed by atoms with Crippen LogP contribution in [0.15, 0.2) is 46.9 Å². The monoisotopic (exact) mass is 425 g/mol. The van der Waals surface area contributed by atoms with Crippen molar-refractivity contribution in [3.63, 3.8) is 0 Å². The second-order valence-corrected chi connectivity index (χ2v) is 7.83. The summed E-state index contributed by atoms with van der Waals surface area (Å²) in [5, 5.41) is 2.98. The van der Waals surface area contributed by atoms with E-state index in [4.69, 9.17) is 10.5 Å². The lowest BCUT2D eigenvalue weighted by molar-refractivity contribution is -0.164. The third-order valence-electron chi connectivity index (χ3n) is 4.60. The molecule has 30 heavy (non-hydrogen) atoms. The van der Waals surface area contributed by atoms with Crippen molar-refractivity contribution in [2.75, 3.05) is 18.5 Å². The number of nitrogens with one attached hydrogen (secondary N) is 1. The maximum atomic E-state index is 12.6. The van der Waals surface area contributed by atoms with Crippen LogP contribution in [0.3, 0.4) is 0 Å². The number of aliphatic imine (C=N–C) groups is 1. The van der Waals surface area contributed by atoms with Gasteiger partial charge in [-0.15, -0.1) is 0 Å². The highest BCUT2D eigenvalue weighted by Crippen LogP contribution is 2.31. The molecule has 0 saturated carbocycles. The van der Waals surface area contributed by atoms with Gasteiger partial charge in [-0.25, -0.2) is 4.98 Å². The first kappa shape index (κ1) is 23.6. The van der Waals surface area contributed by atoms with Gasteiger partial charge in [0.25, 0.3) is 0 Å². The van der Waals surface area contributed by atoms with Crippen LogP contribution in [0.25, 0.3) is 0 Å². The predicted molar refractivity (Wildman–Crippen MR) is 113 cm³/mol. The van der Waals surface area contributed by atoms with Gasteiger partial charge in [0.05, 0.1) is 6.04 Å². The summed E-state index contributed by atoms with van der Waals surface area (Å²) in [5.41, 5.74) is 7.52. The van der Waals surface area contributed by atoms with E-state index in [-0.39, 0.29) is 23.8 Å². The number of pyridine rings is 1.